The van der Waals surface area contributed by atoms with Crippen LogP contribution in [-0.4, -0.2) is 19.4 Å². The number of rotatable bonds is 8. The highest BCUT2D eigenvalue weighted by atomic mass is 35.6. The third kappa shape index (κ3) is 6.87. The Bertz CT molecular complexity index is 489. The topological polar surface area (TPSA) is 30.0 Å². The van der Waals surface area contributed by atoms with Gasteiger partial charge >= 0.3 is 0 Å². The van der Waals surface area contributed by atoms with Gasteiger partial charge in [-0.15, -0.1) is 34.5 Å². The smallest absolute Gasteiger partial charge is 0.193 e. The molecule has 0 radical (unpaired) electrons. The number of halogens is 5. The Morgan fingerprint density at radius 2 is 1.87 bits per heavy atom. The number of carbonyl (C=O) groups is 1. The zero-order valence-electron chi connectivity index (χ0n) is 13.1. The van der Waals surface area contributed by atoms with Crippen LogP contribution in [0.1, 0.15) is 44.5 Å². The number of alkyl halides is 5. The quantitative estimate of drug-likeness (QED) is 0.424. The fourth-order valence-corrected chi connectivity index (χ4v) is 3.57. The van der Waals surface area contributed by atoms with Crippen LogP contribution in [0.4, 0.5) is 0 Å². The molecule has 4 atom stereocenters. The van der Waals surface area contributed by atoms with Crippen LogP contribution in [0.5, 0.6) is 0 Å². The van der Waals surface area contributed by atoms with Crippen LogP contribution in [-0.2, 0) is 4.79 Å². The second-order valence-electron chi connectivity index (χ2n) is 5.93. The van der Waals surface area contributed by atoms with Crippen molar-refractivity contribution in [3.05, 3.63) is 16.6 Å². The molecule has 4 unspecified atom stereocenters. The van der Waals surface area contributed by atoms with Crippen LogP contribution in [0, 0.1) is 17.8 Å². The monoisotopic (exact) mass is 437 g/mol. The van der Waals surface area contributed by atoms with Crippen LogP contribution in [0.15, 0.2) is 11.6 Å². The molecule has 2 nitrogen and oxygen atoms in total. The summed E-state index contributed by atoms with van der Waals surface area (Å²) in [4.78, 5) is 16.4. The number of carbonyl (C=O) groups excluding carboxylic acids is 1. The second kappa shape index (κ2) is 9.45. The van der Waals surface area contributed by atoms with E-state index in [2.05, 4.69) is 4.98 Å². The molecule has 23 heavy (non-hydrogen) atoms. The fourth-order valence-electron chi connectivity index (χ4n) is 2.27. The molecule has 1 aromatic rings. The predicted octanol–water partition coefficient (Wildman–Crippen LogP) is 6.66. The molecule has 0 fully saturated rings. The van der Waals surface area contributed by atoms with E-state index in [0.717, 1.165) is 5.01 Å². The van der Waals surface area contributed by atoms with Gasteiger partial charge in [-0.05, 0) is 12.3 Å². The van der Waals surface area contributed by atoms with Crippen molar-refractivity contribution in [2.45, 2.75) is 48.2 Å². The van der Waals surface area contributed by atoms with E-state index in [9.17, 15) is 4.79 Å². The number of hydrogen-bond acceptors (Lipinski definition) is 3. The summed E-state index contributed by atoms with van der Waals surface area (Å²) < 4.78 is -1.37. The van der Waals surface area contributed by atoms with Gasteiger partial charge < -0.3 is 0 Å². The van der Waals surface area contributed by atoms with Gasteiger partial charge in [-0.2, -0.15) is 0 Å². The normalized spacial score (nSPS) is 17.8. The minimum atomic E-state index is -1.37. The van der Waals surface area contributed by atoms with E-state index in [1.54, 1.807) is 6.20 Å². The standard InChI is InChI=1S/C15H20Cl5NOS/c1-8(13(16)17)6-12(22)10(3)11(14-21-4-5-23-14)7-9(2)15(18,19)20/h4-5,8-11,13H,6-7H2,1-3H3. The van der Waals surface area contributed by atoms with E-state index in [0.29, 0.717) is 12.8 Å². The number of Topliss-reactive ketones (excluding diaryl/α,β-unsaturated/α-hetero) is 1. The Morgan fingerprint density at radius 1 is 1.26 bits per heavy atom. The van der Waals surface area contributed by atoms with Crippen molar-refractivity contribution >= 4 is 75.1 Å². The SMILES string of the molecule is CC(CC(=O)C(C)C(CC(C)C(Cl)(Cl)Cl)c1nccs1)C(Cl)Cl. The summed E-state index contributed by atoms with van der Waals surface area (Å²) in [6.07, 6.45) is 2.61. The molecule has 8 heteroatoms. The zero-order valence-corrected chi connectivity index (χ0v) is 17.7. The molecular weight excluding hydrogens is 420 g/mol. The van der Waals surface area contributed by atoms with Crippen molar-refractivity contribution in [3.63, 3.8) is 0 Å². The molecule has 1 heterocycles. The van der Waals surface area contributed by atoms with E-state index >= 15 is 0 Å². The highest BCUT2D eigenvalue weighted by Crippen LogP contribution is 2.43. The molecule has 0 aliphatic rings. The average Bonchev–Trinajstić information content (AvgIpc) is 2.96. The fraction of sp³-hybridized carbons (Fsp3) is 0.733. The zero-order chi connectivity index (χ0) is 17.8. The molecule has 0 bridgehead atoms. The number of hydrogen-bond donors (Lipinski definition) is 0. The van der Waals surface area contributed by atoms with E-state index in [1.807, 2.05) is 26.2 Å². The second-order valence-corrected chi connectivity index (χ2v) is 10.4. The third-order valence-corrected chi connectivity index (χ3v) is 6.88. The van der Waals surface area contributed by atoms with E-state index in [-0.39, 0.29) is 29.5 Å². The lowest BCUT2D eigenvalue weighted by Gasteiger charge is -2.28. The van der Waals surface area contributed by atoms with Gasteiger partial charge in [-0.1, -0.05) is 55.6 Å². The molecule has 1 aromatic heterocycles. The third-order valence-electron chi connectivity index (χ3n) is 4.00. The van der Waals surface area contributed by atoms with Crippen LogP contribution in [0.2, 0.25) is 0 Å². The number of thiazole rings is 1. The maximum atomic E-state index is 12.6. The van der Waals surface area contributed by atoms with Crippen molar-refractivity contribution in [1.29, 1.82) is 0 Å². The van der Waals surface area contributed by atoms with Gasteiger partial charge in [0.25, 0.3) is 0 Å². The first-order valence-corrected chi connectivity index (χ1v) is 10.2. The largest absolute Gasteiger partial charge is 0.299 e. The molecule has 0 amide bonds. The Kier molecular flexibility index (Phi) is 8.95. The molecule has 0 saturated carbocycles. The highest BCUT2D eigenvalue weighted by Gasteiger charge is 2.36. The summed E-state index contributed by atoms with van der Waals surface area (Å²) >= 11 is 31.2. The summed E-state index contributed by atoms with van der Waals surface area (Å²) in [5, 5.41) is 2.77. The molecular formula is C15H20Cl5NOS. The van der Waals surface area contributed by atoms with Gasteiger partial charge in [0.2, 0.25) is 0 Å². The summed E-state index contributed by atoms with van der Waals surface area (Å²) in [5.74, 6) is -0.547. The van der Waals surface area contributed by atoms with Crippen molar-refractivity contribution in [3.8, 4) is 0 Å². The van der Waals surface area contributed by atoms with E-state index in [1.165, 1.54) is 11.3 Å². The average molecular weight is 440 g/mol. The van der Waals surface area contributed by atoms with Crippen LogP contribution < -0.4 is 0 Å². The summed E-state index contributed by atoms with van der Waals surface area (Å²) in [5.41, 5.74) is 0. The number of aromatic nitrogens is 1. The van der Waals surface area contributed by atoms with Crippen molar-refractivity contribution in [2.75, 3.05) is 0 Å². The Balaban J connectivity index is 2.90. The molecule has 0 aromatic carbocycles. The summed E-state index contributed by atoms with van der Waals surface area (Å²) in [6, 6.07) is 0. The minimum Gasteiger partial charge on any atom is -0.299 e. The predicted molar refractivity (Wildman–Crippen MR) is 102 cm³/mol. The minimum absolute atomic E-state index is 0.0931. The maximum Gasteiger partial charge on any atom is 0.193 e. The highest BCUT2D eigenvalue weighted by molar-refractivity contribution is 7.09. The van der Waals surface area contributed by atoms with Crippen LogP contribution >= 0.6 is 69.3 Å². The molecule has 132 valence electrons. The number of ketones is 1. The Morgan fingerprint density at radius 3 is 2.30 bits per heavy atom. The van der Waals surface area contributed by atoms with Crippen molar-refractivity contribution in [1.82, 2.24) is 4.98 Å². The van der Waals surface area contributed by atoms with Crippen molar-refractivity contribution < 1.29 is 4.79 Å². The summed E-state index contributed by atoms with van der Waals surface area (Å²) in [6.45, 7) is 5.61. The first-order chi connectivity index (χ1) is 10.5. The lowest BCUT2D eigenvalue weighted by atomic mass is 9.82. The van der Waals surface area contributed by atoms with Gasteiger partial charge in [0.1, 0.15) is 10.6 Å². The first-order valence-electron chi connectivity index (χ1n) is 7.31. The van der Waals surface area contributed by atoms with Crippen molar-refractivity contribution in [2.24, 2.45) is 17.8 Å². The van der Waals surface area contributed by atoms with Gasteiger partial charge in [0.05, 0.1) is 5.01 Å². The van der Waals surface area contributed by atoms with Gasteiger partial charge in [0, 0.05) is 35.8 Å². The molecule has 0 aliphatic carbocycles. The van der Waals surface area contributed by atoms with E-state index in [4.69, 9.17) is 58.0 Å². The van der Waals surface area contributed by atoms with Crippen LogP contribution in [0.3, 0.4) is 0 Å². The molecule has 0 spiro atoms. The Hall–Kier alpha value is 0.750. The first kappa shape index (κ1) is 21.8. The maximum absolute atomic E-state index is 12.6. The lowest BCUT2D eigenvalue weighted by Crippen LogP contribution is -2.27. The van der Waals surface area contributed by atoms with Crippen LogP contribution in [0.25, 0.3) is 0 Å². The van der Waals surface area contributed by atoms with Gasteiger partial charge in [-0.25, -0.2) is 4.98 Å². The Labute approximate surface area is 166 Å². The molecule has 0 saturated heterocycles. The number of nitrogens with zero attached hydrogens (tertiary/aromatic N) is 1. The summed E-state index contributed by atoms with van der Waals surface area (Å²) in [7, 11) is 0. The van der Waals surface area contributed by atoms with Gasteiger partial charge in [0.15, 0.2) is 3.79 Å². The molecule has 1 rings (SSSR count). The van der Waals surface area contributed by atoms with E-state index < -0.39 is 8.63 Å². The lowest BCUT2D eigenvalue weighted by molar-refractivity contribution is -0.123. The van der Waals surface area contributed by atoms with Gasteiger partial charge in [-0.3, -0.25) is 4.79 Å². The molecule has 0 aliphatic heterocycles. The molecule has 0 N–H and O–H groups in total.